The standard InChI is InChI=1S/C17H20N6O2S/c1-26(24,25)23-9-3-4-12(11-23)21-16-13(5-2-7-18-16)15-10-20-14-6-8-19-17(14)22-15/h2,5-8,10,12H,3-4,9,11H2,1H3,(H,18,21)(H,19,22)/t12-/m0/s1. The van der Waals surface area contributed by atoms with E-state index in [0.717, 1.165) is 29.6 Å². The number of anilines is 1. The van der Waals surface area contributed by atoms with Crippen LogP contribution in [0.2, 0.25) is 0 Å². The van der Waals surface area contributed by atoms with E-state index < -0.39 is 10.0 Å². The van der Waals surface area contributed by atoms with Crippen LogP contribution in [0.15, 0.2) is 36.8 Å². The van der Waals surface area contributed by atoms with Crippen LogP contribution in [0.5, 0.6) is 0 Å². The van der Waals surface area contributed by atoms with Gasteiger partial charge in [0.2, 0.25) is 10.0 Å². The minimum atomic E-state index is -3.18. The number of pyridine rings is 1. The number of H-pyrrole nitrogens is 1. The van der Waals surface area contributed by atoms with Crippen molar-refractivity contribution in [3.05, 3.63) is 36.8 Å². The molecular formula is C17H20N6O2S. The fourth-order valence-corrected chi connectivity index (χ4v) is 4.15. The smallest absolute Gasteiger partial charge is 0.211 e. The van der Waals surface area contributed by atoms with E-state index in [1.807, 2.05) is 18.2 Å². The summed E-state index contributed by atoms with van der Waals surface area (Å²) in [5.41, 5.74) is 3.08. The quantitative estimate of drug-likeness (QED) is 0.724. The average Bonchev–Trinajstić information content (AvgIpc) is 3.09. The fraction of sp³-hybridized carbons (Fsp3) is 0.353. The van der Waals surface area contributed by atoms with E-state index in [2.05, 4.69) is 25.3 Å². The van der Waals surface area contributed by atoms with Crippen molar-refractivity contribution in [3.8, 4) is 11.3 Å². The summed E-state index contributed by atoms with van der Waals surface area (Å²) < 4.78 is 25.2. The Bertz CT molecular complexity index is 1030. The summed E-state index contributed by atoms with van der Waals surface area (Å²) >= 11 is 0. The highest BCUT2D eigenvalue weighted by Crippen LogP contribution is 2.27. The van der Waals surface area contributed by atoms with Crippen molar-refractivity contribution in [2.24, 2.45) is 0 Å². The lowest BCUT2D eigenvalue weighted by Gasteiger charge is -2.32. The van der Waals surface area contributed by atoms with Crippen molar-refractivity contribution in [1.82, 2.24) is 24.2 Å². The van der Waals surface area contributed by atoms with E-state index in [4.69, 9.17) is 0 Å². The van der Waals surface area contributed by atoms with Crippen molar-refractivity contribution in [2.45, 2.75) is 18.9 Å². The molecule has 1 saturated heterocycles. The van der Waals surface area contributed by atoms with Gasteiger partial charge >= 0.3 is 0 Å². The van der Waals surface area contributed by atoms with Crippen LogP contribution in [0.25, 0.3) is 22.4 Å². The van der Waals surface area contributed by atoms with Gasteiger partial charge in [0.05, 0.1) is 18.1 Å². The van der Waals surface area contributed by atoms with Gasteiger partial charge in [0, 0.05) is 37.1 Å². The number of aromatic amines is 1. The van der Waals surface area contributed by atoms with Crippen LogP contribution in [0.1, 0.15) is 12.8 Å². The molecule has 0 saturated carbocycles. The lowest BCUT2D eigenvalue weighted by molar-refractivity contribution is 0.329. The van der Waals surface area contributed by atoms with Crippen LogP contribution in [0.3, 0.4) is 0 Å². The van der Waals surface area contributed by atoms with Crippen molar-refractivity contribution in [2.75, 3.05) is 24.7 Å². The van der Waals surface area contributed by atoms with Gasteiger partial charge in [0.15, 0.2) is 5.65 Å². The van der Waals surface area contributed by atoms with Gasteiger partial charge in [-0.05, 0) is 31.0 Å². The number of nitrogens with one attached hydrogen (secondary N) is 2. The predicted molar refractivity (Wildman–Crippen MR) is 100 cm³/mol. The molecule has 0 unspecified atom stereocenters. The molecule has 0 spiro atoms. The lowest BCUT2D eigenvalue weighted by atomic mass is 10.1. The molecule has 1 atom stereocenters. The number of hydrogen-bond acceptors (Lipinski definition) is 6. The lowest BCUT2D eigenvalue weighted by Crippen LogP contribution is -2.44. The Labute approximate surface area is 151 Å². The van der Waals surface area contributed by atoms with Crippen LogP contribution in [0, 0.1) is 0 Å². The Kier molecular flexibility index (Phi) is 4.33. The van der Waals surface area contributed by atoms with E-state index in [-0.39, 0.29) is 6.04 Å². The molecule has 1 fully saturated rings. The molecule has 3 aromatic heterocycles. The minimum Gasteiger partial charge on any atom is -0.365 e. The Morgan fingerprint density at radius 1 is 1.31 bits per heavy atom. The molecule has 0 aromatic carbocycles. The van der Waals surface area contributed by atoms with Gasteiger partial charge in [-0.15, -0.1) is 0 Å². The van der Waals surface area contributed by atoms with Gasteiger partial charge in [-0.25, -0.2) is 22.7 Å². The van der Waals surface area contributed by atoms with Gasteiger partial charge in [-0.1, -0.05) is 0 Å². The zero-order valence-corrected chi connectivity index (χ0v) is 15.2. The average molecular weight is 372 g/mol. The monoisotopic (exact) mass is 372 g/mol. The molecule has 3 aromatic rings. The zero-order chi connectivity index (χ0) is 18.1. The predicted octanol–water partition coefficient (Wildman–Crippen LogP) is 1.86. The Morgan fingerprint density at radius 3 is 3.04 bits per heavy atom. The normalized spacial score (nSPS) is 18.9. The van der Waals surface area contributed by atoms with E-state index in [1.165, 1.54) is 10.6 Å². The third-order valence-corrected chi connectivity index (χ3v) is 5.81. The Hall–Kier alpha value is -2.52. The fourth-order valence-electron chi connectivity index (χ4n) is 3.24. The number of piperidine rings is 1. The summed E-state index contributed by atoms with van der Waals surface area (Å²) in [4.78, 5) is 16.5. The first-order chi connectivity index (χ1) is 12.5. The van der Waals surface area contributed by atoms with Crippen LogP contribution >= 0.6 is 0 Å². The maximum absolute atomic E-state index is 11.8. The topological polar surface area (TPSA) is 104 Å². The maximum atomic E-state index is 11.8. The summed E-state index contributed by atoms with van der Waals surface area (Å²) in [5, 5.41) is 3.40. The van der Waals surface area contributed by atoms with E-state index in [9.17, 15) is 8.42 Å². The maximum Gasteiger partial charge on any atom is 0.211 e. The van der Waals surface area contributed by atoms with Crippen molar-refractivity contribution in [3.63, 3.8) is 0 Å². The van der Waals surface area contributed by atoms with Gasteiger partial charge in [-0.3, -0.25) is 4.98 Å². The molecule has 2 N–H and O–H groups in total. The number of fused-ring (bicyclic) bond motifs is 1. The molecule has 1 aliphatic rings. The number of nitrogens with zero attached hydrogens (tertiary/aromatic N) is 4. The van der Waals surface area contributed by atoms with Crippen LogP contribution in [-0.4, -0.2) is 58.0 Å². The highest BCUT2D eigenvalue weighted by atomic mass is 32.2. The van der Waals surface area contributed by atoms with Gasteiger partial charge in [-0.2, -0.15) is 0 Å². The molecular weight excluding hydrogens is 352 g/mol. The van der Waals surface area contributed by atoms with Crippen LogP contribution in [-0.2, 0) is 10.0 Å². The van der Waals surface area contributed by atoms with E-state index in [1.54, 1.807) is 18.6 Å². The molecule has 4 rings (SSSR count). The largest absolute Gasteiger partial charge is 0.365 e. The van der Waals surface area contributed by atoms with Crippen molar-refractivity contribution < 1.29 is 8.42 Å². The molecule has 8 nitrogen and oxygen atoms in total. The highest BCUT2D eigenvalue weighted by Gasteiger charge is 2.26. The summed E-state index contributed by atoms with van der Waals surface area (Å²) in [6.07, 6.45) is 8.21. The van der Waals surface area contributed by atoms with E-state index in [0.29, 0.717) is 24.6 Å². The first-order valence-electron chi connectivity index (χ1n) is 8.48. The molecule has 4 heterocycles. The molecule has 26 heavy (non-hydrogen) atoms. The zero-order valence-electron chi connectivity index (χ0n) is 14.4. The molecule has 0 radical (unpaired) electrons. The SMILES string of the molecule is CS(=O)(=O)N1CCC[C@H](Nc2ncccc2-c2cnc3cc[nH]c3n2)C1. The minimum absolute atomic E-state index is 0.00861. The van der Waals surface area contributed by atoms with Gasteiger partial charge in [0.25, 0.3) is 0 Å². The number of aromatic nitrogens is 4. The molecule has 0 aliphatic carbocycles. The number of hydrogen-bond donors (Lipinski definition) is 2. The number of sulfonamides is 1. The van der Waals surface area contributed by atoms with Crippen LogP contribution < -0.4 is 5.32 Å². The molecule has 0 bridgehead atoms. The molecule has 1 aliphatic heterocycles. The molecule has 9 heteroatoms. The van der Waals surface area contributed by atoms with E-state index >= 15 is 0 Å². The second-order valence-corrected chi connectivity index (χ2v) is 8.45. The second kappa shape index (κ2) is 6.65. The second-order valence-electron chi connectivity index (χ2n) is 6.47. The first-order valence-corrected chi connectivity index (χ1v) is 10.3. The highest BCUT2D eigenvalue weighted by molar-refractivity contribution is 7.88. The molecule has 0 amide bonds. The number of rotatable bonds is 4. The summed E-state index contributed by atoms with van der Waals surface area (Å²) in [7, 11) is -3.18. The molecule has 136 valence electrons. The summed E-state index contributed by atoms with van der Waals surface area (Å²) in [6, 6.07) is 5.67. The first kappa shape index (κ1) is 16.9. The van der Waals surface area contributed by atoms with Crippen molar-refractivity contribution >= 4 is 27.0 Å². The summed E-state index contributed by atoms with van der Waals surface area (Å²) in [6.45, 7) is 1.01. The van der Waals surface area contributed by atoms with Crippen molar-refractivity contribution in [1.29, 1.82) is 0 Å². The summed E-state index contributed by atoms with van der Waals surface area (Å²) in [5.74, 6) is 0.688. The third kappa shape index (κ3) is 3.40. The van der Waals surface area contributed by atoms with Crippen LogP contribution in [0.4, 0.5) is 5.82 Å². The van der Waals surface area contributed by atoms with Gasteiger partial charge < -0.3 is 10.3 Å². The van der Waals surface area contributed by atoms with Gasteiger partial charge in [0.1, 0.15) is 11.3 Å². The Morgan fingerprint density at radius 2 is 2.19 bits per heavy atom. The third-order valence-electron chi connectivity index (χ3n) is 4.54. The Balaban J connectivity index is 1.61.